The van der Waals surface area contributed by atoms with Gasteiger partial charge in [0, 0.05) is 25.0 Å². The van der Waals surface area contributed by atoms with E-state index in [1.54, 1.807) is 0 Å². The molecule has 2 saturated carbocycles. The third kappa shape index (κ3) is 2.22. The number of carbonyl (C=O) groups is 1. The molecule has 0 N–H and O–H groups in total. The Kier molecular flexibility index (Phi) is 2.89. The topological polar surface area (TPSA) is 23.6 Å². The molecule has 2 unspecified atom stereocenters. The minimum Gasteiger partial charge on any atom is -0.342 e. The van der Waals surface area contributed by atoms with E-state index in [9.17, 15) is 4.79 Å². The highest BCUT2D eigenvalue weighted by atomic mass is 16.2. The van der Waals surface area contributed by atoms with Crippen molar-refractivity contribution in [1.29, 1.82) is 0 Å². The van der Waals surface area contributed by atoms with Gasteiger partial charge in [0.25, 0.3) is 0 Å². The van der Waals surface area contributed by atoms with Crippen LogP contribution in [0.4, 0.5) is 0 Å². The van der Waals surface area contributed by atoms with Gasteiger partial charge in [-0.05, 0) is 58.0 Å². The van der Waals surface area contributed by atoms with Gasteiger partial charge in [0.05, 0.1) is 0 Å². The number of piperidine rings is 1. The SMILES string of the molecule is CN(C)C1CCN(C(=O)C2CC3CC3C2)CC1. The van der Waals surface area contributed by atoms with Gasteiger partial charge >= 0.3 is 0 Å². The number of likely N-dealkylation sites (tertiary alicyclic amines) is 1. The maximum atomic E-state index is 12.4. The van der Waals surface area contributed by atoms with Gasteiger partial charge in [0.1, 0.15) is 0 Å². The fraction of sp³-hybridized carbons (Fsp3) is 0.929. The van der Waals surface area contributed by atoms with Crippen LogP contribution in [-0.4, -0.2) is 48.9 Å². The minimum atomic E-state index is 0.384. The first-order chi connectivity index (χ1) is 8.15. The van der Waals surface area contributed by atoms with Crippen LogP contribution in [-0.2, 0) is 4.79 Å². The summed E-state index contributed by atoms with van der Waals surface area (Å²) in [6.45, 7) is 1.96. The zero-order chi connectivity index (χ0) is 12.0. The molecule has 3 rings (SSSR count). The molecule has 0 bridgehead atoms. The molecular formula is C14H24N2O. The summed E-state index contributed by atoms with van der Waals surface area (Å²) in [6, 6.07) is 0.677. The van der Waals surface area contributed by atoms with E-state index in [0.717, 1.165) is 37.8 Å². The molecule has 1 amide bonds. The fourth-order valence-electron chi connectivity index (χ4n) is 3.78. The lowest BCUT2D eigenvalue weighted by Crippen LogP contribution is -2.46. The van der Waals surface area contributed by atoms with Gasteiger partial charge < -0.3 is 9.80 Å². The van der Waals surface area contributed by atoms with Crippen molar-refractivity contribution in [1.82, 2.24) is 9.80 Å². The second-order valence-corrected chi connectivity index (χ2v) is 6.44. The number of carbonyl (C=O) groups excluding carboxylic acids is 1. The summed E-state index contributed by atoms with van der Waals surface area (Å²) in [5.74, 6) is 2.69. The third-order valence-corrected chi connectivity index (χ3v) is 5.10. The minimum absolute atomic E-state index is 0.384. The molecule has 0 spiro atoms. The number of rotatable bonds is 2. The quantitative estimate of drug-likeness (QED) is 0.727. The second-order valence-electron chi connectivity index (χ2n) is 6.44. The average Bonchev–Trinajstić information content (AvgIpc) is 2.95. The van der Waals surface area contributed by atoms with E-state index >= 15 is 0 Å². The van der Waals surface area contributed by atoms with Crippen molar-refractivity contribution < 1.29 is 4.79 Å². The predicted molar refractivity (Wildman–Crippen MR) is 67.6 cm³/mol. The van der Waals surface area contributed by atoms with Crippen LogP contribution in [0.25, 0.3) is 0 Å². The molecule has 0 radical (unpaired) electrons. The number of amides is 1. The molecule has 0 aromatic heterocycles. The molecule has 17 heavy (non-hydrogen) atoms. The first-order valence-corrected chi connectivity index (χ1v) is 7.10. The van der Waals surface area contributed by atoms with Gasteiger partial charge in [-0.15, -0.1) is 0 Å². The lowest BCUT2D eigenvalue weighted by Gasteiger charge is -2.36. The highest BCUT2D eigenvalue weighted by Gasteiger charge is 2.48. The summed E-state index contributed by atoms with van der Waals surface area (Å²) in [4.78, 5) is 16.8. The largest absolute Gasteiger partial charge is 0.342 e. The van der Waals surface area contributed by atoms with E-state index in [2.05, 4.69) is 23.9 Å². The maximum absolute atomic E-state index is 12.4. The van der Waals surface area contributed by atoms with Crippen molar-refractivity contribution in [2.45, 2.75) is 38.1 Å². The van der Waals surface area contributed by atoms with Crippen molar-refractivity contribution in [3.63, 3.8) is 0 Å². The Morgan fingerprint density at radius 1 is 1.06 bits per heavy atom. The van der Waals surface area contributed by atoms with E-state index in [1.807, 2.05) is 0 Å². The van der Waals surface area contributed by atoms with Crippen LogP contribution in [0.2, 0.25) is 0 Å². The van der Waals surface area contributed by atoms with Crippen molar-refractivity contribution >= 4 is 5.91 Å². The summed E-state index contributed by atoms with van der Waals surface area (Å²) in [6.07, 6.45) is 6.09. The zero-order valence-corrected chi connectivity index (χ0v) is 11.1. The van der Waals surface area contributed by atoms with Crippen molar-refractivity contribution in [2.75, 3.05) is 27.2 Å². The molecule has 1 heterocycles. The molecular weight excluding hydrogens is 212 g/mol. The maximum Gasteiger partial charge on any atom is 0.225 e. The van der Waals surface area contributed by atoms with Crippen LogP contribution in [0, 0.1) is 17.8 Å². The van der Waals surface area contributed by atoms with Gasteiger partial charge in [-0.1, -0.05) is 0 Å². The molecule has 1 aliphatic heterocycles. The zero-order valence-electron chi connectivity index (χ0n) is 11.1. The van der Waals surface area contributed by atoms with Crippen LogP contribution < -0.4 is 0 Å². The number of nitrogens with zero attached hydrogens (tertiary/aromatic N) is 2. The monoisotopic (exact) mass is 236 g/mol. The first-order valence-electron chi connectivity index (χ1n) is 7.10. The summed E-state index contributed by atoms with van der Waals surface area (Å²) in [7, 11) is 4.29. The molecule has 3 aliphatic rings. The van der Waals surface area contributed by atoms with Crippen LogP contribution in [0.5, 0.6) is 0 Å². The van der Waals surface area contributed by atoms with Gasteiger partial charge in [-0.25, -0.2) is 0 Å². The van der Waals surface area contributed by atoms with E-state index in [-0.39, 0.29) is 0 Å². The standard InChI is InChI=1S/C14H24N2O/c1-15(2)13-3-5-16(6-4-13)14(17)12-8-10-7-11(10)9-12/h10-13H,3-9H2,1-2H3. The van der Waals surface area contributed by atoms with Crippen LogP contribution in [0.3, 0.4) is 0 Å². The molecule has 3 nitrogen and oxygen atoms in total. The Morgan fingerprint density at radius 3 is 2.18 bits per heavy atom. The highest BCUT2D eigenvalue weighted by molar-refractivity contribution is 5.79. The Morgan fingerprint density at radius 2 is 1.65 bits per heavy atom. The molecule has 3 fully saturated rings. The number of fused-ring (bicyclic) bond motifs is 1. The summed E-state index contributed by atoms with van der Waals surface area (Å²) < 4.78 is 0. The van der Waals surface area contributed by atoms with E-state index in [0.29, 0.717) is 17.9 Å². The van der Waals surface area contributed by atoms with Gasteiger partial charge in [-0.3, -0.25) is 4.79 Å². The lowest BCUT2D eigenvalue weighted by atomic mass is 9.98. The van der Waals surface area contributed by atoms with Crippen LogP contribution in [0.1, 0.15) is 32.1 Å². The molecule has 0 aromatic carbocycles. The summed E-state index contributed by atoms with van der Waals surface area (Å²) >= 11 is 0. The summed E-state index contributed by atoms with van der Waals surface area (Å²) in [5.41, 5.74) is 0. The Hall–Kier alpha value is -0.570. The van der Waals surface area contributed by atoms with Crippen LogP contribution in [0.15, 0.2) is 0 Å². The number of hydrogen-bond donors (Lipinski definition) is 0. The van der Waals surface area contributed by atoms with Gasteiger partial charge in [0.15, 0.2) is 0 Å². The normalized spacial score (nSPS) is 37.4. The second kappa shape index (κ2) is 4.27. The van der Waals surface area contributed by atoms with Crippen molar-refractivity contribution in [3.8, 4) is 0 Å². The molecule has 3 heteroatoms. The molecule has 96 valence electrons. The molecule has 2 atom stereocenters. The predicted octanol–water partition coefficient (Wildman–Crippen LogP) is 1.59. The van der Waals surface area contributed by atoms with Crippen molar-refractivity contribution in [3.05, 3.63) is 0 Å². The van der Waals surface area contributed by atoms with Crippen LogP contribution >= 0.6 is 0 Å². The molecule has 1 saturated heterocycles. The lowest BCUT2D eigenvalue weighted by molar-refractivity contribution is -0.137. The molecule has 0 aromatic rings. The average molecular weight is 236 g/mol. The van der Waals surface area contributed by atoms with E-state index in [1.165, 1.54) is 19.3 Å². The van der Waals surface area contributed by atoms with E-state index < -0.39 is 0 Å². The fourth-order valence-corrected chi connectivity index (χ4v) is 3.78. The summed E-state index contributed by atoms with van der Waals surface area (Å²) in [5, 5.41) is 0. The third-order valence-electron chi connectivity index (χ3n) is 5.10. The van der Waals surface area contributed by atoms with Gasteiger partial charge in [0.2, 0.25) is 5.91 Å². The smallest absolute Gasteiger partial charge is 0.225 e. The Bertz CT molecular complexity index is 297. The Labute approximate surface area is 104 Å². The molecule has 2 aliphatic carbocycles. The highest BCUT2D eigenvalue weighted by Crippen LogP contribution is 2.54. The van der Waals surface area contributed by atoms with Gasteiger partial charge in [-0.2, -0.15) is 0 Å². The van der Waals surface area contributed by atoms with E-state index in [4.69, 9.17) is 0 Å². The Balaban J connectivity index is 1.50. The number of hydrogen-bond acceptors (Lipinski definition) is 2. The first kappa shape index (κ1) is 11.5. The van der Waals surface area contributed by atoms with Crippen molar-refractivity contribution in [2.24, 2.45) is 17.8 Å².